The van der Waals surface area contributed by atoms with Gasteiger partial charge in [-0.15, -0.1) is 0 Å². The summed E-state index contributed by atoms with van der Waals surface area (Å²) in [6.07, 6.45) is 9.74. The number of ether oxygens (including phenoxy) is 1. The lowest BCUT2D eigenvalue weighted by Crippen LogP contribution is -2.47. The highest BCUT2D eigenvalue weighted by molar-refractivity contribution is 5.98. The van der Waals surface area contributed by atoms with E-state index in [9.17, 15) is 14.4 Å². The topological polar surface area (TPSA) is 63.7 Å². The molecule has 0 aliphatic carbocycles. The molecule has 0 saturated carbocycles. The molecule has 0 aromatic carbocycles. The minimum Gasteiger partial charge on any atom is -0.467 e. The van der Waals surface area contributed by atoms with E-state index in [1.807, 2.05) is 13.8 Å². The van der Waals surface area contributed by atoms with Crippen molar-refractivity contribution in [2.75, 3.05) is 13.7 Å². The van der Waals surface area contributed by atoms with Gasteiger partial charge in [0.15, 0.2) is 0 Å². The summed E-state index contributed by atoms with van der Waals surface area (Å²) in [6.45, 7) is 8.15. The average molecular weight is 370 g/mol. The maximum atomic E-state index is 12.5. The Balaban J connectivity index is 4.69. The number of nitrogens with zero attached hydrogens (tertiary/aromatic N) is 1. The van der Waals surface area contributed by atoms with E-state index >= 15 is 0 Å². The maximum Gasteiger partial charge on any atom is 0.328 e. The third kappa shape index (κ3) is 11.3. The number of carbonyl (C=O) groups excluding carboxylic acids is 3. The Kier molecular flexibility index (Phi) is 14.0. The lowest BCUT2D eigenvalue weighted by Gasteiger charge is -2.31. The molecule has 5 heteroatoms. The minimum atomic E-state index is -0.601. The highest BCUT2D eigenvalue weighted by Crippen LogP contribution is 2.17. The fourth-order valence-electron chi connectivity index (χ4n) is 3.12. The van der Waals surface area contributed by atoms with Crippen LogP contribution >= 0.6 is 0 Å². The van der Waals surface area contributed by atoms with Crippen molar-refractivity contribution in [3.05, 3.63) is 0 Å². The number of hydrogen-bond acceptors (Lipinski definition) is 4. The third-order valence-corrected chi connectivity index (χ3v) is 4.52. The van der Waals surface area contributed by atoms with Gasteiger partial charge in [0.05, 0.1) is 13.5 Å². The predicted octanol–water partition coefficient (Wildman–Crippen LogP) is 4.52. The first kappa shape index (κ1) is 24.6. The molecule has 1 atom stereocenters. The number of Topliss-reactive ketones (excluding diaryl/α,β-unsaturated/α-hetero) is 1. The van der Waals surface area contributed by atoms with Crippen molar-refractivity contribution in [3.8, 4) is 0 Å². The van der Waals surface area contributed by atoms with Gasteiger partial charge in [-0.25, -0.2) is 4.79 Å². The molecule has 0 unspecified atom stereocenters. The second-order valence-electron chi connectivity index (χ2n) is 7.61. The molecule has 0 rings (SSSR count). The molecular weight excluding hydrogens is 330 g/mol. The monoisotopic (exact) mass is 369 g/mol. The number of esters is 1. The molecule has 0 fully saturated rings. The van der Waals surface area contributed by atoms with Crippen LogP contribution in [0, 0.1) is 5.92 Å². The highest BCUT2D eigenvalue weighted by Gasteiger charge is 2.31. The van der Waals surface area contributed by atoms with Crippen molar-refractivity contribution in [1.82, 2.24) is 4.90 Å². The number of amides is 1. The molecule has 152 valence electrons. The van der Waals surface area contributed by atoms with Gasteiger partial charge < -0.3 is 9.64 Å². The van der Waals surface area contributed by atoms with E-state index in [-0.39, 0.29) is 24.0 Å². The molecule has 0 aliphatic rings. The zero-order chi connectivity index (χ0) is 19.9. The van der Waals surface area contributed by atoms with Crippen LogP contribution in [0.2, 0.25) is 0 Å². The summed E-state index contributed by atoms with van der Waals surface area (Å²) in [4.78, 5) is 37.7. The molecule has 0 N–H and O–H groups in total. The van der Waals surface area contributed by atoms with Gasteiger partial charge >= 0.3 is 5.97 Å². The summed E-state index contributed by atoms with van der Waals surface area (Å²) in [6, 6.07) is -0.601. The second kappa shape index (κ2) is 14.7. The van der Waals surface area contributed by atoms with Crippen molar-refractivity contribution >= 4 is 17.7 Å². The molecule has 0 aromatic rings. The smallest absolute Gasteiger partial charge is 0.328 e. The van der Waals surface area contributed by atoms with Crippen LogP contribution in [0.1, 0.15) is 91.9 Å². The van der Waals surface area contributed by atoms with E-state index in [1.165, 1.54) is 46.1 Å². The molecule has 0 bridgehead atoms. The first-order valence-corrected chi connectivity index (χ1v) is 10.2. The summed E-state index contributed by atoms with van der Waals surface area (Å²) in [7, 11) is 1.35. The summed E-state index contributed by atoms with van der Waals surface area (Å²) in [5.74, 6) is -0.582. The van der Waals surface area contributed by atoms with Gasteiger partial charge in [-0.05, 0) is 25.7 Å². The fraction of sp³-hybridized carbons (Fsp3) is 0.857. The molecule has 5 nitrogen and oxygen atoms in total. The zero-order valence-electron chi connectivity index (χ0n) is 17.5. The highest BCUT2D eigenvalue weighted by atomic mass is 16.5. The van der Waals surface area contributed by atoms with E-state index < -0.39 is 12.0 Å². The van der Waals surface area contributed by atoms with Crippen LogP contribution in [0.15, 0.2) is 0 Å². The van der Waals surface area contributed by atoms with Crippen molar-refractivity contribution in [2.45, 2.75) is 97.9 Å². The summed E-state index contributed by atoms with van der Waals surface area (Å²) >= 11 is 0. The first-order chi connectivity index (χ1) is 12.3. The van der Waals surface area contributed by atoms with Gasteiger partial charge in [0.1, 0.15) is 11.8 Å². The van der Waals surface area contributed by atoms with E-state index in [0.717, 1.165) is 19.3 Å². The van der Waals surface area contributed by atoms with E-state index in [2.05, 4.69) is 6.92 Å². The molecule has 1 amide bonds. The second-order valence-corrected chi connectivity index (χ2v) is 7.61. The van der Waals surface area contributed by atoms with E-state index in [0.29, 0.717) is 13.0 Å². The Morgan fingerprint density at radius 2 is 1.46 bits per heavy atom. The summed E-state index contributed by atoms with van der Waals surface area (Å²) < 4.78 is 4.91. The Labute approximate surface area is 159 Å². The normalized spacial score (nSPS) is 12.1. The lowest BCUT2D eigenvalue weighted by atomic mass is 10.0. The third-order valence-electron chi connectivity index (χ3n) is 4.52. The van der Waals surface area contributed by atoms with Crippen molar-refractivity contribution in [2.24, 2.45) is 5.92 Å². The molecule has 26 heavy (non-hydrogen) atoms. The van der Waals surface area contributed by atoms with Gasteiger partial charge in [-0.2, -0.15) is 0 Å². The molecule has 0 radical (unpaired) electrons. The van der Waals surface area contributed by atoms with Crippen LogP contribution in [-0.2, 0) is 19.1 Å². The molecular formula is C21H39NO4. The number of rotatable bonds is 15. The molecule has 0 aliphatic heterocycles. The number of unbranched alkanes of at least 4 members (excludes halogenated alkanes) is 7. The van der Waals surface area contributed by atoms with E-state index in [4.69, 9.17) is 4.74 Å². The Hall–Kier alpha value is -1.39. The molecule has 0 spiro atoms. The van der Waals surface area contributed by atoms with Crippen LogP contribution in [0.4, 0.5) is 0 Å². The number of ketones is 1. The summed E-state index contributed by atoms with van der Waals surface area (Å²) in [5, 5.41) is 0. The fourth-order valence-corrected chi connectivity index (χ4v) is 3.12. The quantitative estimate of drug-likeness (QED) is 0.242. The minimum absolute atomic E-state index is 0.150. The van der Waals surface area contributed by atoms with Gasteiger partial charge in [-0.3, -0.25) is 9.59 Å². The van der Waals surface area contributed by atoms with Crippen LogP contribution in [0.5, 0.6) is 0 Å². The number of methoxy groups -OCH3 is 1. The average Bonchev–Trinajstić information content (AvgIpc) is 2.57. The van der Waals surface area contributed by atoms with E-state index in [1.54, 1.807) is 4.90 Å². The Bertz CT molecular complexity index is 420. The van der Waals surface area contributed by atoms with Crippen LogP contribution in [0.3, 0.4) is 0 Å². The summed E-state index contributed by atoms with van der Waals surface area (Å²) in [5.41, 5.74) is 0. The largest absolute Gasteiger partial charge is 0.467 e. The van der Waals surface area contributed by atoms with Crippen LogP contribution < -0.4 is 0 Å². The zero-order valence-corrected chi connectivity index (χ0v) is 17.5. The maximum absolute atomic E-state index is 12.5. The number of hydrogen-bond donors (Lipinski definition) is 0. The molecule has 0 heterocycles. The van der Waals surface area contributed by atoms with Crippen LogP contribution in [0.25, 0.3) is 0 Å². The lowest BCUT2D eigenvalue weighted by molar-refractivity contribution is -0.154. The number of carbonyl (C=O) groups is 3. The Morgan fingerprint density at radius 3 is 1.92 bits per heavy atom. The van der Waals surface area contributed by atoms with Gasteiger partial charge in [-0.1, -0.05) is 65.7 Å². The van der Waals surface area contributed by atoms with Crippen molar-refractivity contribution in [1.29, 1.82) is 0 Å². The molecule has 0 aromatic heterocycles. The van der Waals surface area contributed by atoms with Crippen molar-refractivity contribution < 1.29 is 19.1 Å². The SMILES string of the molecule is CCCCCCCCCCN(C(=O)CC(C)=O)[C@H](CC(C)C)C(=O)OC. The van der Waals surface area contributed by atoms with Crippen molar-refractivity contribution in [3.63, 3.8) is 0 Å². The van der Waals surface area contributed by atoms with Crippen LogP contribution in [-0.4, -0.2) is 42.3 Å². The van der Waals surface area contributed by atoms with Gasteiger partial charge in [0.2, 0.25) is 5.91 Å². The standard InChI is InChI=1S/C21H39NO4/c1-6-7-8-9-10-11-12-13-14-22(20(24)16-18(4)23)19(15-17(2)3)21(25)26-5/h17,19H,6-16H2,1-5H3/t19-/m1/s1. The first-order valence-electron chi connectivity index (χ1n) is 10.2. The van der Waals surface area contributed by atoms with Gasteiger partial charge in [0.25, 0.3) is 0 Å². The van der Waals surface area contributed by atoms with Gasteiger partial charge in [0, 0.05) is 6.54 Å². The Morgan fingerprint density at radius 1 is 0.923 bits per heavy atom. The predicted molar refractivity (Wildman–Crippen MR) is 105 cm³/mol. The molecule has 0 saturated heterocycles.